The molecule has 3 aliphatic rings. The molecule has 186 valence electrons. The maximum atomic E-state index is 15.4. The lowest BCUT2D eigenvalue weighted by molar-refractivity contribution is -0.134. The van der Waals surface area contributed by atoms with Crippen LogP contribution in [0.15, 0.2) is 24.3 Å². The van der Waals surface area contributed by atoms with E-state index in [-0.39, 0.29) is 47.6 Å². The zero-order valence-electron chi connectivity index (χ0n) is 19.4. The molecule has 2 fully saturated rings. The second-order valence-electron chi connectivity index (χ2n) is 9.11. The molecule has 2 aromatic rings. The van der Waals surface area contributed by atoms with E-state index in [0.717, 1.165) is 6.07 Å². The Morgan fingerprint density at radius 3 is 2.72 bits per heavy atom. The summed E-state index contributed by atoms with van der Waals surface area (Å²) < 4.78 is 35.3. The number of halogens is 2. The first-order valence-corrected chi connectivity index (χ1v) is 11.6. The number of amides is 4. The van der Waals surface area contributed by atoms with Crippen LogP contribution in [0.3, 0.4) is 0 Å². The first kappa shape index (κ1) is 23.5. The van der Waals surface area contributed by atoms with E-state index in [9.17, 15) is 18.8 Å². The van der Waals surface area contributed by atoms with Crippen LogP contribution < -0.4 is 25.6 Å². The molecule has 3 N–H and O–H groups in total. The number of nitriles is 1. The Labute approximate surface area is 205 Å². The minimum Gasteiger partial charge on any atom is -0.491 e. The Balaban J connectivity index is 1.29. The number of rotatable bonds is 4. The van der Waals surface area contributed by atoms with E-state index < -0.39 is 29.5 Å². The lowest BCUT2D eigenvalue weighted by Crippen LogP contribution is -2.66. The SMILES string of the molecule is C[C@@H]1[C@@H](NC(=O)Nc2ccc(C#N)cc2F)CN1c1cc(F)c([C@H]2CCC(=O)NC2=O)c2c1OCC2. The average molecular weight is 495 g/mol. The molecule has 0 aliphatic carbocycles. The number of hydrogen-bond donors (Lipinski definition) is 3. The smallest absolute Gasteiger partial charge is 0.319 e. The van der Waals surface area contributed by atoms with Crippen molar-refractivity contribution in [3.05, 3.63) is 52.6 Å². The molecule has 3 aliphatic heterocycles. The summed E-state index contributed by atoms with van der Waals surface area (Å²) >= 11 is 0. The van der Waals surface area contributed by atoms with E-state index in [1.165, 1.54) is 18.2 Å². The van der Waals surface area contributed by atoms with Gasteiger partial charge in [-0.25, -0.2) is 13.6 Å². The van der Waals surface area contributed by atoms with Crippen LogP contribution in [0.2, 0.25) is 0 Å². The number of anilines is 2. The van der Waals surface area contributed by atoms with Gasteiger partial charge in [0.05, 0.1) is 41.6 Å². The Kier molecular flexibility index (Phi) is 5.96. The summed E-state index contributed by atoms with van der Waals surface area (Å²) in [5, 5.41) is 16.3. The van der Waals surface area contributed by atoms with Gasteiger partial charge in [-0.15, -0.1) is 0 Å². The summed E-state index contributed by atoms with van der Waals surface area (Å²) in [5.41, 5.74) is 1.56. The summed E-state index contributed by atoms with van der Waals surface area (Å²) in [4.78, 5) is 38.2. The first-order chi connectivity index (χ1) is 17.3. The van der Waals surface area contributed by atoms with Gasteiger partial charge in [-0.1, -0.05) is 0 Å². The van der Waals surface area contributed by atoms with Crippen molar-refractivity contribution in [2.45, 2.75) is 44.2 Å². The van der Waals surface area contributed by atoms with Crippen LogP contribution in [0.5, 0.6) is 5.75 Å². The van der Waals surface area contributed by atoms with Crippen LogP contribution in [-0.2, 0) is 16.0 Å². The average Bonchev–Trinajstić information content (AvgIpc) is 3.33. The second kappa shape index (κ2) is 9.11. The molecule has 11 heteroatoms. The third kappa shape index (κ3) is 4.08. The van der Waals surface area contributed by atoms with Crippen LogP contribution in [0.25, 0.3) is 0 Å². The molecule has 0 unspecified atom stereocenters. The zero-order chi connectivity index (χ0) is 25.6. The number of piperidine rings is 1. The molecule has 5 rings (SSSR count). The molecular weight excluding hydrogens is 472 g/mol. The maximum absolute atomic E-state index is 15.4. The van der Waals surface area contributed by atoms with Crippen LogP contribution in [0, 0.1) is 23.0 Å². The molecule has 0 spiro atoms. The highest BCUT2D eigenvalue weighted by atomic mass is 19.1. The molecule has 2 aromatic carbocycles. The number of hydrogen-bond acceptors (Lipinski definition) is 6. The molecular formula is C25H23F2N5O4. The Hall–Kier alpha value is -4.20. The van der Waals surface area contributed by atoms with Gasteiger partial charge in [-0.3, -0.25) is 14.9 Å². The molecule has 36 heavy (non-hydrogen) atoms. The first-order valence-electron chi connectivity index (χ1n) is 11.6. The number of fused-ring (bicyclic) bond motifs is 1. The van der Waals surface area contributed by atoms with Gasteiger partial charge in [0.25, 0.3) is 0 Å². The second-order valence-corrected chi connectivity index (χ2v) is 9.11. The summed E-state index contributed by atoms with van der Waals surface area (Å²) in [6, 6.07) is 5.83. The lowest BCUT2D eigenvalue weighted by atomic mass is 9.85. The van der Waals surface area contributed by atoms with Crippen molar-refractivity contribution in [3.8, 4) is 11.8 Å². The number of imide groups is 1. The Bertz CT molecular complexity index is 1320. The molecule has 4 amide bonds. The van der Waals surface area contributed by atoms with E-state index in [2.05, 4.69) is 16.0 Å². The third-order valence-electron chi connectivity index (χ3n) is 6.98. The van der Waals surface area contributed by atoms with Crippen molar-refractivity contribution in [1.82, 2.24) is 10.6 Å². The van der Waals surface area contributed by atoms with Gasteiger partial charge in [0.1, 0.15) is 17.4 Å². The van der Waals surface area contributed by atoms with Gasteiger partial charge < -0.3 is 20.3 Å². The zero-order valence-corrected chi connectivity index (χ0v) is 19.4. The van der Waals surface area contributed by atoms with E-state index >= 15 is 4.39 Å². The van der Waals surface area contributed by atoms with E-state index in [0.29, 0.717) is 36.6 Å². The standard InChI is InChI=1S/C25H23F2N5O4/c1-12-19(30-25(35)29-18-4-2-13(10-28)8-16(18)26)11-32(12)20-9-17(27)22(14-6-7-36-23(14)20)15-3-5-21(33)31-24(15)34/h2,4,8-9,12,15,19H,3,5-7,11H2,1H3,(H2,29,30,35)(H,31,33,34)/t12-,15-,19+/m1/s1. The fourth-order valence-corrected chi connectivity index (χ4v) is 5.01. The Morgan fingerprint density at radius 2 is 2.03 bits per heavy atom. The van der Waals surface area contributed by atoms with Crippen molar-refractivity contribution >= 4 is 29.2 Å². The monoisotopic (exact) mass is 495 g/mol. The van der Waals surface area contributed by atoms with Crippen molar-refractivity contribution < 1.29 is 27.9 Å². The van der Waals surface area contributed by atoms with Crippen LogP contribution in [0.1, 0.15) is 42.4 Å². The predicted octanol–water partition coefficient (Wildman–Crippen LogP) is 2.69. The largest absolute Gasteiger partial charge is 0.491 e. The lowest BCUT2D eigenvalue weighted by Gasteiger charge is -2.48. The van der Waals surface area contributed by atoms with Crippen LogP contribution >= 0.6 is 0 Å². The molecule has 0 aromatic heterocycles. The maximum Gasteiger partial charge on any atom is 0.319 e. The summed E-state index contributed by atoms with van der Waals surface area (Å²) in [7, 11) is 0. The number of nitrogens with one attached hydrogen (secondary N) is 3. The molecule has 2 saturated heterocycles. The number of ether oxygens (including phenoxy) is 1. The Morgan fingerprint density at radius 1 is 1.22 bits per heavy atom. The highest BCUT2D eigenvalue weighted by Crippen LogP contribution is 2.46. The highest BCUT2D eigenvalue weighted by Gasteiger charge is 2.41. The molecule has 0 saturated carbocycles. The van der Waals surface area contributed by atoms with Gasteiger partial charge in [-0.2, -0.15) is 5.26 Å². The minimum atomic E-state index is -0.748. The number of benzene rings is 2. The molecule has 3 atom stereocenters. The van der Waals surface area contributed by atoms with Gasteiger partial charge in [0.2, 0.25) is 11.8 Å². The predicted molar refractivity (Wildman–Crippen MR) is 125 cm³/mol. The summed E-state index contributed by atoms with van der Waals surface area (Å²) in [6.07, 6.45) is 0.849. The molecule has 0 bridgehead atoms. The topological polar surface area (TPSA) is 124 Å². The fraction of sp³-hybridized carbons (Fsp3) is 0.360. The van der Waals surface area contributed by atoms with Crippen molar-refractivity contribution in [2.75, 3.05) is 23.4 Å². The summed E-state index contributed by atoms with van der Waals surface area (Å²) in [5.74, 6) is -2.33. The number of carbonyl (C=O) groups is 3. The number of nitrogens with zero attached hydrogens (tertiary/aromatic N) is 2. The highest BCUT2D eigenvalue weighted by molar-refractivity contribution is 6.01. The van der Waals surface area contributed by atoms with Gasteiger partial charge in [-0.05, 0) is 31.5 Å². The molecule has 3 heterocycles. The van der Waals surface area contributed by atoms with Gasteiger partial charge in [0, 0.05) is 42.6 Å². The molecule has 0 radical (unpaired) electrons. The fourth-order valence-electron chi connectivity index (χ4n) is 5.01. The quantitative estimate of drug-likeness (QED) is 0.561. The van der Waals surface area contributed by atoms with E-state index in [1.807, 2.05) is 17.9 Å². The minimum absolute atomic E-state index is 0.0485. The normalized spacial score (nSPS) is 22.6. The number of carbonyl (C=O) groups excluding carboxylic acids is 3. The summed E-state index contributed by atoms with van der Waals surface area (Å²) in [6.45, 7) is 2.59. The van der Waals surface area contributed by atoms with Gasteiger partial charge in [0.15, 0.2) is 0 Å². The van der Waals surface area contributed by atoms with E-state index in [1.54, 1.807) is 0 Å². The van der Waals surface area contributed by atoms with Crippen molar-refractivity contribution in [2.24, 2.45) is 0 Å². The number of urea groups is 1. The van der Waals surface area contributed by atoms with Gasteiger partial charge >= 0.3 is 6.03 Å². The van der Waals surface area contributed by atoms with Crippen LogP contribution in [-0.4, -0.2) is 43.1 Å². The van der Waals surface area contributed by atoms with Crippen molar-refractivity contribution in [3.63, 3.8) is 0 Å². The third-order valence-corrected chi connectivity index (χ3v) is 6.98. The molecule has 9 nitrogen and oxygen atoms in total. The van der Waals surface area contributed by atoms with Crippen molar-refractivity contribution in [1.29, 1.82) is 5.26 Å². The van der Waals surface area contributed by atoms with Crippen LogP contribution in [0.4, 0.5) is 25.0 Å². The van der Waals surface area contributed by atoms with E-state index in [4.69, 9.17) is 10.00 Å².